The third kappa shape index (κ3) is 3.79. The van der Waals surface area contributed by atoms with E-state index in [0.717, 1.165) is 12.2 Å². The molecule has 1 heterocycles. The Labute approximate surface area is 171 Å². The summed E-state index contributed by atoms with van der Waals surface area (Å²) in [4.78, 5) is 16.8. The van der Waals surface area contributed by atoms with Crippen molar-refractivity contribution in [3.05, 3.63) is 57.3 Å². The molecular weight excluding hydrogens is 399 g/mol. The van der Waals surface area contributed by atoms with Gasteiger partial charge in [-0.05, 0) is 30.7 Å². The molecule has 0 bridgehead atoms. The molecule has 1 aromatic heterocycles. The monoisotopic (exact) mass is 416 g/mol. The molecule has 2 aromatic carbocycles. The molecule has 0 aliphatic carbocycles. The topological polar surface area (TPSA) is 59.0 Å². The fourth-order valence-corrected chi connectivity index (χ4v) is 3.59. The second kappa shape index (κ2) is 8.55. The average molecular weight is 417 g/mol. The van der Waals surface area contributed by atoms with Crippen molar-refractivity contribution in [3.63, 3.8) is 0 Å². The highest BCUT2D eigenvalue weighted by atomic mass is 35.5. The standard InChI is InChI=1S/C20H18ClFN4OS/c1-4-10-28-25-16-7-6-13(22)19(18(16)21)24-14-8-9-15-17(12(14)5-2)20(27)26(3)11-23-15/h2,6-9,11,24-25H,4,10H2,1,3H3. The van der Waals surface area contributed by atoms with E-state index in [-0.39, 0.29) is 16.3 Å². The molecule has 0 saturated heterocycles. The molecule has 2 N–H and O–H groups in total. The first-order valence-corrected chi connectivity index (χ1v) is 9.92. The number of terminal acetylenes is 1. The molecular formula is C20H18ClFN4OS. The zero-order valence-corrected chi connectivity index (χ0v) is 16.9. The molecule has 3 aromatic rings. The lowest BCUT2D eigenvalue weighted by Crippen LogP contribution is -2.18. The van der Waals surface area contributed by atoms with Crippen LogP contribution in [-0.2, 0) is 7.05 Å². The minimum Gasteiger partial charge on any atom is -0.351 e. The van der Waals surface area contributed by atoms with Gasteiger partial charge in [-0.15, -0.1) is 6.42 Å². The summed E-state index contributed by atoms with van der Waals surface area (Å²) in [5.41, 5.74) is 1.57. The molecule has 0 atom stereocenters. The molecule has 0 unspecified atom stereocenters. The molecule has 5 nitrogen and oxygen atoms in total. The Morgan fingerprint density at radius 1 is 1.32 bits per heavy atom. The van der Waals surface area contributed by atoms with Crippen LogP contribution in [0.5, 0.6) is 0 Å². The van der Waals surface area contributed by atoms with E-state index in [9.17, 15) is 9.18 Å². The molecule has 8 heteroatoms. The van der Waals surface area contributed by atoms with Gasteiger partial charge in [-0.3, -0.25) is 4.79 Å². The van der Waals surface area contributed by atoms with E-state index < -0.39 is 5.82 Å². The lowest BCUT2D eigenvalue weighted by molar-refractivity contribution is 0.632. The van der Waals surface area contributed by atoms with Crippen LogP contribution in [0, 0.1) is 18.2 Å². The van der Waals surface area contributed by atoms with Crippen LogP contribution >= 0.6 is 23.5 Å². The number of anilines is 3. The van der Waals surface area contributed by atoms with Crippen molar-refractivity contribution in [2.75, 3.05) is 15.8 Å². The van der Waals surface area contributed by atoms with E-state index in [4.69, 9.17) is 18.0 Å². The van der Waals surface area contributed by atoms with Gasteiger partial charge in [0.05, 0.1) is 44.9 Å². The Morgan fingerprint density at radius 3 is 2.79 bits per heavy atom. The molecule has 0 saturated carbocycles. The lowest BCUT2D eigenvalue weighted by atomic mass is 10.1. The number of fused-ring (bicyclic) bond motifs is 1. The van der Waals surface area contributed by atoms with Gasteiger partial charge in [-0.25, -0.2) is 9.37 Å². The summed E-state index contributed by atoms with van der Waals surface area (Å²) in [5.74, 6) is 2.88. The largest absolute Gasteiger partial charge is 0.351 e. The number of hydrogen-bond acceptors (Lipinski definition) is 5. The number of halogens is 2. The molecule has 28 heavy (non-hydrogen) atoms. The quantitative estimate of drug-likeness (QED) is 0.339. The SMILES string of the molecule is C#Cc1c(Nc2c(F)ccc(NSCCC)c2Cl)ccc2ncn(C)c(=O)c12. The molecule has 144 valence electrons. The van der Waals surface area contributed by atoms with Crippen LogP contribution in [0.25, 0.3) is 10.9 Å². The highest BCUT2D eigenvalue weighted by Crippen LogP contribution is 2.37. The lowest BCUT2D eigenvalue weighted by Gasteiger charge is -2.16. The van der Waals surface area contributed by atoms with Gasteiger partial charge in [0.25, 0.3) is 5.56 Å². The second-order valence-electron chi connectivity index (χ2n) is 6.05. The molecule has 0 fully saturated rings. The van der Waals surface area contributed by atoms with Crippen LogP contribution < -0.4 is 15.6 Å². The average Bonchev–Trinajstić information content (AvgIpc) is 2.69. The Morgan fingerprint density at radius 2 is 2.07 bits per heavy atom. The zero-order chi connectivity index (χ0) is 20.3. The molecule has 0 aliphatic rings. The third-order valence-corrected chi connectivity index (χ3v) is 5.44. The van der Waals surface area contributed by atoms with Crippen molar-refractivity contribution < 1.29 is 4.39 Å². The summed E-state index contributed by atoms with van der Waals surface area (Å²) in [6.07, 6.45) is 8.09. The Kier molecular flexibility index (Phi) is 6.12. The van der Waals surface area contributed by atoms with Crippen LogP contribution in [0.1, 0.15) is 18.9 Å². The number of rotatable bonds is 6. The van der Waals surface area contributed by atoms with Crippen LogP contribution in [-0.4, -0.2) is 15.3 Å². The van der Waals surface area contributed by atoms with Gasteiger partial charge in [0.2, 0.25) is 0 Å². The predicted molar refractivity (Wildman–Crippen MR) is 116 cm³/mol. The van der Waals surface area contributed by atoms with Gasteiger partial charge in [0.1, 0.15) is 5.82 Å². The summed E-state index contributed by atoms with van der Waals surface area (Å²) in [6, 6.07) is 6.21. The summed E-state index contributed by atoms with van der Waals surface area (Å²) in [6.45, 7) is 2.06. The zero-order valence-electron chi connectivity index (χ0n) is 15.3. The maximum Gasteiger partial charge on any atom is 0.262 e. The maximum atomic E-state index is 14.5. The fraction of sp³-hybridized carbons (Fsp3) is 0.200. The molecule has 3 rings (SSSR count). The summed E-state index contributed by atoms with van der Waals surface area (Å²) in [7, 11) is 1.59. The number of hydrogen-bond donors (Lipinski definition) is 2. The number of nitrogens with zero attached hydrogens (tertiary/aromatic N) is 2. The Bertz CT molecular complexity index is 1140. The summed E-state index contributed by atoms with van der Waals surface area (Å²) in [5, 5.41) is 3.45. The highest BCUT2D eigenvalue weighted by Gasteiger charge is 2.16. The first kappa shape index (κ1) is 20.1. The van der Waals surface area contributed by atoms with Gasteiger partial charge >= 0.3 is 0 Å². The van der Waals surface area contributed by atoms with Crippen molar-refractivity contribution in [2.45, 2.75) is 13.3 Å². The van der Waals surface area contributed by atoms with E-state index in [2.05, 4.69) is 27.9 Å². The molecule has 0 radical (unpaired) electrons. The van der Waals surface area contributed by atoms with Crippen molar-refractivity contribution in [3.8, 4) is 12.3 Å². The highest BCUT2D eigenvalue weighted by molar-refractivity contribution is 8.00. The van der Waals surface area contributed by atoms with E-state index >= 15 is 0 Å². The van der Waals surface area contributed by atoms with Gasteiger partial charge in [0.15, 0.2) is 0 Å². The second-order valence-corrected chi connectivity index (χ2v) is 7.33. The van der Waals surface area contributed by atoms with Crippen molar-refractivity contribution in [1.82, 2.24) is 9.55 Å². The van der Waals surface area contributed by atoms with Gasteiger partial charge in [-0.2, -0.15) is 0 Å². The normalized spacial score (nSPS) is 10.7. The third-order valence-electron chi connectivity index (χ3n) is 4.07. The minimum atomic E-state index is -0.529. The number of nitrogens with one attached hydrogen (secondary N) is 2. The predicted octanol–water partition coefficient (Wildman–Crippen LogP) is 4.92. The number of aryl methyl sites for hydroxylation is 1. The van der Waals surface area contributed by atoms with Crippen LogP contribution in [0.15, 0.2) is 35.4 Å². The Balaban J connectivity index is 2.08. The van der Waals surface area contributed by atoms with Gasteiger partial charge in [0, 0.05) is 12.8 Å². The van der Waals surface area contributed by atoms with Crippen molar-refractivity contribution in [2.24, 2.45) is 7.05 Å². The molecule has 0 amide bonds. The van der Waals surface area contributed by atoms with E-state index in [0.29, 0.717) is 27.8 Å². The first-order valence-electron chi connectivity index (χ1n) is 8.55. The maximum absolute atomic E-state index is 14.5. The fourth-order valence-electron chi connectivity index (χ4n) is 2.66. The van der Waals surface area contributed by atoms with Crippen molar-refractivity contribution in [1.29, 1.82) is 0 Å². The van der Waals surface area contributed by atoms with Crippen molar-refractivity contribution >= 4 is 51.5 Å². The molecule has 0 spiro atoms. The van der Waals surface area contributed by atoms with E-state index in [1.807, 2.05) is 0 Å². The van der Waals surface area contributed by atoms with E-state index in [1.54, 1.807) is 25.2 Å². The van der Waals surface area contributed by atoms with Gasteiger partial charge in [-0.1, -0.05) is 36.4 Å². The van der Waals surface area contributed by atoms with E-state index in [1.165, 1.54) is 28.9 Å². The Hall–Kier alpha value is -2.69. The van der Waals surface area contributed by atoms with Gasteiger partial charge < -0.3 is 14.6 Å². The smallest absolute Gasteiger partial charge is 0.262 e. The van der Waals surface area contributed by atoms with Crippen LogP contribution in [0.2, 0.25) is 5.02 Å². The van der Waals surface area contributed by atoms with Crippen LogP contribution in [0.4, 0.5) is 21.5 Å². The number of benzene rings is 2. The number of aromatic nitrogens is 2. The first-order chi connectivity index (χ1) is 13.5. The summed E-state index contributed by atoms with van der Waals surface area (Å²) >= 11 is 7.89. The van der Waals surface area contributed by atoms with Crippen LogP contribution in [0.3, 0.4) is 0 Å². The minimum absolute atomic E-state index is 0.0836. The summed E-state index contributed by atoms with van der Waals surface area (Å²) < 4.78 is 18.9. The molecule has 0 aliphatic heterocycles.